The van der Waals surface area contributed by atoms with E-state index in [0.29, 0.717) is 24.1 Å². The third-order valence-corrected chi connectivity index (χ3v) is 6.24. The van der Waals surface area contributed by atoms with Crippen LogP contribution in [0.1, 0.15) is 80.2 Å². The van der Waals surface area contributed by atoms with E-state index in [1.807, 2.05) is 39.2 Å². The van der Waals surface area contributed by atoms with Gasteiger partial charge in [0.15, 0.2) is 5.71 Å². The zero-order valence-corrected chi connectivity index (χ0v) is 24.5. The molecule has 0 bridgehead atoms. The van der Waals surface area contributed by atoms with Crippen LogP contribution in [0.25, 0.3) is 0 Å². The molecule has 2 rings (SSSR count). The molecule has 0 amide bonds. The van der Waals surface area contributed by atoms with E-state index in [1.165, 1.54) is 6.07 Å². The normalized spacial score (nSPS) is 13.2. The molecule has 0 saturated heterocycles. The highest BCUT2D eigenvalue weighted by molar-refractivity contribution is 7.85. The Morgan fingerprint density at radius 2 is 1.38 bits per heavy atom. The van der Waals surface area contributed by atoms with Crippen molar-refractivity contribution in [3.8, 4) is 0 Å². The van der Waals surface area contributed by atoms with Crippen LogP contribution in [0.4, 0.5) is 5.69 Å². The van der Waals surface area contributed by atoms with Crippen LogP contribution < -0.4 is 0 Å². The lowest BCUT2D eigenvalue weighted by molar-refractivity contribution is -0.438. The Kier molecular flexibility index (Phi) is 14.9. The highest BCUT2D eigenvalue weighted by atomic mass is 32.2. The van der Waals surface area contributed by atoms with Gasteiger partial charge in [-0.1, -0.05) is 13.8 Å². The molecule has 0 spiro atoms. The van der Waals surface area contributed by atoms with Crippen molar-refractivity contribution in [1.29, 1.82) is 0 Å². The summed E-state index contributed by atoms with van der Waals surface area (Å²) in [5, 5.41) is 0. The van der Waals surface area contributed by atoms with E-state index < -0.39 is 54.4 Å². The summed E-state index contributed by atoms with van der Waals surface area (Å²) in [5.74, 6) is -1.55. The lowest BCUT2D eigenvalue weighted by atomic mass is 9.79. The van der Waals surface area contributed by atoms with Crippen LogP contribution in [0.2, 0.25) is 0 Å². The fourth-order valence-electron chi connectivity index (χ4n) is 3.71. The fourth-order valence-corrected chi connectivity index (χ4v) is 4.20. The maximum absolute atomic E-state index is 12.9. The predicted molar refractivity (Wildman–Crippen MR) is 135 cm³/mol. The SMILES string of the molecule is CCCOC(=O)c1cc(C(=O)OCCC)c2c(c1)[N+](CCCS(=O)(=O)[O-])=C(C)C2(C)C.O=S(=O)=O.O=S(=O)=O. The third-order valence-electron chi connectivity index (χ3n) is 5.45. The van der Waals surface area contributed by atoms with Crippen LogP contribution >= 0.6 is 0 Å². The number of rotatable bonds is 10. The van der Waals surface area contributed by atoms with Crippen molar-refractivity contribution in [2.75, 3.05) is 25.5 Å². The maximum Gasteiger partial charge on any atom is 0.425 e. The summed E-state index contributed by atoms with van der Waals surface area (Å²) in [4.78, 5) is 25.4. The largest absolute Gasteiger partial charge is 0.748 e. The number of carbonyl (C=O) groups is 2. The zero-order valence-electron chi connectivity index (χ0n) is 22.1. The van der Waals surface area contributed by atoms with E-state index in [4.69, 9.17) is 34.7 Å². The first-order valence-corrected chi connectivity index (χ1v) is 15.1. The van der Waals surface area contributed by atoms with Crippen molar-refractivity contribution in [2.45, 2.75) is 59.3 Å². The number of hydrogen-bond acceptors (Lipinski definition) is 13. The quantitative estimate of drug-likeness (QED) is 0.206. The first-order chi connectivity index (χ1) is 17.9. The minimum atomic E-state index is -4.34. The van der Waals surface area contributed by atoms with Gasteiger partial charge < -0.3 is 14.0 Å². The van der Waals surface area contributed by atoms with E-state index in [9.17, 15) is 22.6 Å². The molecule has 220 valence electrons. The molecule has 1 heterocycles. The van der Waals surface area contributed by atoms with Gasteiger partial charge >= 0.3 is 33.2 Å². The lowest BCUT2D eigenvalue weighted by Gasteiger charge is -2.19. The summed E-state index contributed by atoms with van der Waals surface area (Å²) < 4.78 is 96.3. The average molecular weight is 614 g/mol. The molecule has 0 aromatic heterocycles. The van der Waals surface area contributed by atoms with Crippen LogP contribution in [0.15, 0.2) is 12.1 Å². The van der Waals surface area contributed by atoms with Crippen molar-refractivity contribution in [1.82, 2.24) is 0 Å². The molecule has 14 nitrogen and oxygen atoms in total. The van der Waals surface area contributed by atoms with Crippen LogP contribution in [0.5, 0.6) is 0 Å². The van der Waals surface area contributed by atoms with Gasteiger partial charge in [0.05, 0.1) is 45.4 Å². The van der Waals surface area contributed by atoms with Crippen molar-refractivity contribution < 1.29 is 61.9 Å². The molecule has 0 unspecified atom stereocenters. The first kappa shape index (κ1) is 36.0. The Hall–Kier alpha value is -3.02. The van der Waals surface area contributed by atoms with Gasteiger partial charge in [0.25, 0.3) is 0 Å². The van der Waals surface area contributed by atoms with Crippen LogP contribution in [0, 0.1) is 0 Å². The molecule has 0 N–H and O–H groups in total. The number of benzene rings is 1. The molecular formula is C22H31NO13S3. The summed E-state index contributed by atoms with van der Waals surface area (Å²) in [5.41, 5.74) is 2.18. The second kappa shape index (κ2) is 16.2. The molecule has 0 saturated carbocycles. The van der Waals surface area contributed by atoms with Gasteiger partial charge in [-0.3, -0.25) is 0 Å². The number of carbonyl (C=O) groups excluding carboxylic acids is 2. The Bertz CT molecular complexity index is 1370. The second-order valence-electron chi connectivity index (χ2n) is 8.58. The summed E-state index contributed by atoms with van der Waals surface area (Å²) in [6, 6.07) is 3.17. The van der Waals surface area contributed by atoms with Crippen LogP contribution in [0.3, 0.4) is 0 Å². The number of hydrogen-bond donors (Lipinski definition) is 0. The van der Waals surface area contributed by atoms with Gasteiger partial charge in [-0.05, 0) is 32.8 Å². The molecule has 0 aliphatic carbocycles. The topological polar surface area (TPSA) is 215 Å². The summed E-state index contributed by atoms with van der Waals surface area (Å²) >= 11 is 0. The molecule has 0 radical (unpaired) electrons. The molecule has 0 fully saturated rings. The summed E-state index contributed by atoms with van der Waals surface area (Å²) in [6.07, 6.45) is 1.45. The van der Waals surface area contributed by atoms with Gasteiger partial charge in [-0.2, -0.15) is 4.58 Å². The van der Waals surface area contributed by atoms with Crippen LogP contribution in [-0.4, -0.2) is 86.0 Å². The molecule has 1 aliphatic rings. The van der Waals surface area contributed by atoms with Gasteiger partial charge in [0.1, 0.15) is 6.54 Å². The van der Waals surface area contributed by atoms with E-state index in [2.05, 4.69) is 0 Å². The molecule has 0 atom stereocenters. The van der Waals surface area contributed by atoms with Crippen molar-refractivity contribution in [2.24, 2.45) is 0 Å². The van der Waals surface area contributed by atoms with E-state index in [1.54, 1.807) is 6.07 Å². The number of fused-ring (bicyclic) bond motifs is 1. The maximum atomic E-state index is 12.9. The number of esters is 2. The Labute approximate surface area is 229 Å². The van der Waals surface area contributed by atoms with E-state index in [-0.39, 0.29) is 37.3 Å². The zero-order chi connectivity index (χ0) is 30.6. The van der Waals surface area contributed by atoms with Gasteiger partial charge in [-0.25, -0.2) is 18.0 Å². The molecule has 1 aromatic rings. The third kappa shape index (κ3) is 12.1. The van der Waals surface area contributed by atoms with Crippen LogP contribution in [-0.2, 0) is 46.2 Å². The van der Waals surface area contributed by atoms with Gasteiger partial charge in [0, 0.05) is 25.2 Å². The number of nitrogens with zero attached hydrogens (tertiary/aromatic N) is 1. The van der Waals surface area contributed by atoms with E-state index in [0.717, 1.165) is 5.71 Å². The van der Waals surface area contributed by atoms with Crippen molar-refractivity contribution >= 4 is 54.7 Å². The number of ether oxygens (including phenoxy) is 2. The fraction of sp³-hybridized carbons (Fsp3) is 0.591. The molecule has 1 aliphatic heterocycles. The van der Waals surface area contributed by atoms with Crippen molar-refractivity contribution in [3.63, 3.8) is 0 Å². The van der Waals surface area contributed by atoms with E-state index >= 15 is 0 Å². The molecule has 39 heavy (non-hydrogen) atoms. The molecular weight excluding hydrogens is 582 g/mol. The monoisotopic (exact) mass is 613 g/mol. The Balaban J connectivity index is 0.00000159. The first-order valence-electron chi connectivity index (χ1n) is 11.5. The minimum Gasteiger partial charge on any atom is -0.748 e. The summed E-state index contributed by atoms with van der Waals surface area (Å²) in [6.45, 7) is 10.4. The molecule has 17 heteroatoms. The minimum absolute atomic E-state index is 0.124. The highest BCUT2D eigenvalue weighted by Crippen LogP contribution is 2.43. The van der Waals surface area contributed by atoms with Gasteiger partial charge in [-0.15, -0.1) is 25.3 Å². The standard InChI is InChI=1S/C22H31NO7S.2O3S/c1-6-10-29-20(24)16-13-17(21(25)30-11-7-2)19-18(14-16)23(15(3)22(19,4)5)9-8-12-31(26,27)28;2*1-4(2)3/h13-14H,6-12H2,1-5H3;;. The second-order valence-corrected chi connectivity index (χ2v) is 10.9. The highest BCUT2D eigenvalue weighted by Gasteiger charge is 2.46. The predicted octanol–water partition coefficient (Wildman–Crippen LogP) is 1.14. The smallest absolute Gasteiger partial charge is 0.425 e. The average Bonchev–Trinajstić information content (AvgIpc) is 2.99. The van der Waals surface area contributed by atoms with Crippen molar-refractivity contribution in [3.05, 3.63) is 28.8 Å². The molecule has 1 aromatic carbocycles. The van der Waals surface area contributed by atoms with Gasteiger partial charge in [0.2, 0.25) is 5.69 Å². The lowest BCUT2D eigenvalue weighted by Crippen LogP contribution is -2.28. The summed E-state index contributed by atoms with van der Waals surface area (Å²) in [7, 11) is -10.6. The Morgan fingerprint density at radius 3 is 1.82 bits per heavy atom. The Morgan fingerprint density at radius 1 is 0.923 bits per heavy atom.